The van der Waals surface area contributed by atoms with Crippen molar-refractivity contribution < 1.29 is 4.79 Å². The normalized spacial score (nSPS) is 12.1. The number of hydrogen-bond acceptors (Lipinski definition) is 3. The van der Waals surface area contributed by atoms with Crippen LogP contribution in [0.3, 0.4) is 0 Å². The quantitative estimate of drug-likeness (QED) is 0.464. The molecule has 0 radical (unpaired) electrons. The average Bonchev–Trinajstić information content (AvgIpc) is 3.14. The van der Waals surface area contributed by atoms with Gasteiger partial charge in [-0.05, 0) is 44.2 Å². The Morgan fingerprint density at radius 1 is 1.06 bits per heavy atom. The van der Waals surface area contributed by atoms with E-state index in [1.54, 1.807) is 6.20 Å². The van der Waals surface area contributed by atoms with Gasteiger partial charge in [0.2, 0.25) is 0 Å². The van der Waals surface area contributed by atoms with E-state index in [1.807, 2.05) is 61.7 Å². The zero-order valence-corrected chi connectivity index (χ0v) is 18.3. The number of aryl methyl sites for hydroxylation is 3. The molecule has 1 amide bonds. The highest BCUT2D eigenvalue weighted by molar-refractivity contribution is 5.96. The van der Waals surface area contributed by atoms with Crippen LogP contribution >= 0.6 is 0 Å². The van der Waals surface area contributed by atoms with Crippen molar-refractivity contribution in [1.82, 2.24) is 19.9 Å². The summed E-state index contributed by atoms with van der Waals surface area (Å²) in [6.45, 7) is 6.08. The third-order valence-electron chi connectivity index (χ3n) is 5.65. The van der Waals surface area contributed by atoms with E-state index in [4.69, 9.17) is 5.10 Å². The topological polar surface area (TPSA) is 59.3 Å². The summed E-state index contributed by atoms with van der Waals surface area (Å²) in [4.78, 5) is 17.7. The van der Waals surface area contributed by atoms with Gasteiger partial charge in [0.05, 0.1) is 17.0 Å². The minimum atomic E-state index is -0.0961. The second kappa shape index (κ2) is 9.13. The Kier molecular flexibility index (Phi) is 6.12. The lowest BCUT2D eigenvalue weighted by molar-refractivity contribution is 0.0936. The molecule has 4 rings (SSSR count). The summed E-state index contributed by atoms with van der Waals surface area (Å²) in [5.74, 6) is -0.0961. The Morgan fingerprint density at radius 3 is 2.42 bits per heavy atom. The van der Waals surface area contributed by atoms with Crippen LogP contribution in [-0.4, -0.2) is 26.5 Å². The van der Waals surface area contributed by atoms with Gasteiger partial charge in [-0.15, -0.1) is 0 Å². The van der Waals surface area contributed by atoms with Crippen LogP contribution in [-0.2, 0) is 12.8 Å². The molecule has 0 fully saturated rings. The molecule has 2 aromatic heterocycles. The van der Waals surface area contributed by atoms with Crippen molar-refractivity contribution in [2.75, 3.05) is 0 Å². The predicted octanol–water partition coefficient (Wildman–Crippen LogP) is 5.02. The predicted molar refractivity (Wildman–Crippen MR) is 124 cm³/mol. The number of amides is 1. The average molecular weight is 413 g/mol. The maximum absolute atomic E-state index is 13.1. The molecule has 0 aliphatic carbocycles. The van der Waals surface area contributed by atoms with Crippen LogP contribution < -0.4 is 5.32 Å². The molecule has 5 nitrogen and oxygen atoms in total. The van der Waals surface area contributed by atoms with E-state index in [2.05, 4.69) is 34.6 Å². The maximum atomic E-state index is 13.1. The lowest BCUT2D eigenvalue weighted by atomic mass is 10.1. The van der Waals surface area contributed by atoms with Gasteiger partial charge in [-0.1, -0.05) is 67.6 Å². The van der Waals surface area contributed by atoms with Crippen molar-refractivity contribution in [2.45, 2.75) is 46.1 Å². The summed E-state index contributed by atoms with van der Waals surface area (Å²) in [7, 11) is 0. The monoisotopic (exact) mass is 412 g/mol. The van der Waals surface area contributed by atoms with Gasteiger partial charge in [0.15, 0.2) is 5.65 Å². The third kappa shape index (κ3) is 4.36. The summed E-state index contributed by atoms with van der Waals surface area (Å²) in [6, 6.07) is 20.5. The van der Waals surface area contributed by atoms with Gasteiger partial charge < -0.3 is 5.32 Å². The second-order valence-electron chi connectivity index (χ2n) is 7.93. The molecule has 2 heterocycles. The number of aromatic nitrogens is 3. The first-order valence-corrected chi connectivity index (χ1v) is 10.9. The molecule has 0 aliphatic heterocycles. The molecular formula is C26H28N4O. The molecule has 5 heteroatoms. The number of rotatable bonds is 7. The molecule has 2 aromatic carbocycles. The van der Waals surface area contributed by atoms with Crippen LogP contribution in [0.15, 0.2) is 66.9 Å². The van der Waals surface area contributed by atoms with Crippen LogP contribution in [0.5, 0.6) is 0 Å². The second-order valence-corrected chi connectivity index (χ2v) is 7.93. The van der Waals surface area contributed by atoms with Gasteiger partial charge in [0.25, 0.3) is 5.91 Å². The summed E-state index contributed by atoms with van der Waals surface area (Å²) in [6.07, 6.45) is 4.20. The maximum Gasteiger partial charge on any atom is 0.254 e. The summed E-state index contributed by atoms with van der Waals surface area (Å²) in [5.41, 5.74) is 6.53. The summed E-state index contributed by atoms with van der Waals surface area (Å²) >= 11 is 0. The summed E-state index contributed by atoms with van der Waals surface area (Å²) in [5, 5.41) is 7.87. The highest BCUT2D eigenvalue weighted by atomic mass is 16.1. The highest BCUT2D eigenvalue weighted by Crippen LogP contribution is 2.28. The SMILES string of the molecule is CCc1c(C(=O)N[C@@H](C)CCc2ccccc2)cnc2c(-c3ccccc3)c(C)nn12. The van der Waals surface area contributed by atoms with Crippen molar-refractivity contribution in [2.24, 2.45) is 0 Å². The van der Waals surface area contributed by atoms with Crippen LogP contribution in [0.1, 0.15) is 47.6 Å². The van der Waals surface area contributed by atoms with E-state index < -0.39 is 0 Å². The number of carbonyl (C=O) groups excluding carboxylic acids is 1. The highest BCUT2D eigenvalue weighted by Gasteiger charge is 2.20. The van der Waals surface area contributed by atoms with Gasteiger partial charge >= 0.3 is 0 Å². The van der Waals surface area contributed by atoms with Gasteiger partial charge in [-0.25, -0.2) is 9.50 Å². The molecule has 0 saturated heterocycles. The molecule has 158 valence electrons. The third-order valence-corrected chi connectivity index (χ3v) is 5.65. The lowest BCUT2D eigenvalue weighted by Crippen LogP contribution is -2.34. The molecule has 0 bridgehead atoms. The standard InChI is InChI=1S/C26H28N4O/c1-4-23-22(26(31)28-18(2)15-16-20-11-7-5-8-12-20)17-27-25-24(19(3)29-30(23)25)21-13-9-6-10-14-21/h5-14,17-18H,4,15-16H2,1-3H3,(H,28,31)/t18-/m0/s1. The molecule has 0 aliphatic rings. The first-order chi connectivity index (χ1) is 15.1. The van der Waals surface area contributed by atoms with Crippen molar-refractivity contribution >= 4 is 11.6 Å². The fourth-order valence-corrected chi connectivity index (χ4v) is 4.01. The van der Waals surface area contributed by atoms with Gasteiger partial charge in [-0.2, -0.15) is 5.10 Å². The van der Waals surface area contributed by atoms with Crippen molar-refractivity contribution in [3.8, 4) is 11.1 Å². The van der Waals surface area contributed by atoms with E-state index in [9.17, 15) is 4.79 Å². The Balaban J connectivity index is 1.58. The smallest absolute Gasteiger partial charge is 0.254 e. The zero-order valence-electron chi connectivity index (χ0n) is 18.3. The van der Waals surface area contributed by atoms with Gasteiger partial charge in [0, 0.05) is 17.8 Å². The fourth-order valence-electron chi connectivity index (χ4n) is 4.01. The van der Waals surface area contributed by atoms with Crippen LogP contribution in [0, 0.1) is 6.92 Å². The number of carbonyl (C=O) groups is 1. The number of nitrogens with one attached hydrogen (secondary N) is 1. The first-order valence-electron chi connectivity index (χ1n) is 10.9. The summed E-state index contributed by atoms with van der Waals surface area (Å²) < 4.78 is 1.83. The molecule has 31 heavy (non-hydrogen) atoms. The minimum absolute atomic E-state index is 0.0624. The van der Waals surface area contributed by atoms with Crippen LogP contribution in [0.4, 0.5) is 0 Å². The number of benzene rings is 2. The van der Waals surface area contributed by atoms with E-state index in [-0.39, 0.29) is 11.9 Å². The Morgan fingerprint density at radius 2 is 1.74 bits per heavy atom. The molecule has 4 aromatic rings. The molecule has 1 N–H and O–H groups in total. The largest absolute Gasteiger partial charge is 0.349 e. The molecule has 0 spiro atoms. The molecule has 1 atom stereocenters. The van der Waals surface area contributed by atoms with Crippen molar-refractivity contribution in [3.63, 3.8) is 0 Å². The van der Waals surface area contributed by atoms with E-state index in [0.29, 0.717) is 12.0 Å². The number of nitrogens with zero attached hydrogens (tertiary/aromatic N) is 3. The van der Waals surface area contributed by atoms with E-state index in [1.165, 1.54) is 5.56 Å². The Labute approximate surface area is 183 Å². The zero-order chi connectivity index (χ0) is 21.8. The molecular weight excluding hydrogens is 384 g/mol. The van der Waals surface area contributed by atoms with Crippen molar-refractivity contribution in [3.05, 3.63) is 89.4 Å². The molecule has 0 unspecified atom stereocenters. The fraction of sp³-hybridized carbons (Fsp3) is 0.269. The molecule has 0 saturated carbocycles. The minimum Gasteiger partial charge on any atom is -0.349 e. The van der Waals surface area contributed by atoms with E-state index >= 15 is 0 Å². The van der Waals surface area contributed by atoms with Crippen molar-refractivity contribution in [1.29, 1.82) is 0 Å². The van der Waals surface area contributed by atoms with Crippen LogP contribution in [0.2, 0.25) is 0 Å². The Hall–Kier alpha value is -3.47. The number of fused-ring (bicyclic) bond motifs is 1. The first kappa shape index (κ1) is 20.8. The number of hydrogen-bond donors (Lipinski definition) is 1. The van der Waals surface area contributed by atoms with Crippen LogP contribution in [0.25, 0.3) is 16.8 Å². The van der Waals surface area contributed by atoms with E-state index in [0.717, 1.165) is 41.0 Å². The van der Waals surface area contributed by atoms with Gasteiger partial charge in [0.1, 0.15) is 0 Å². The Bertz CT molecular complexity index is 1180. The van der Waals surface area contributed by atoms with Gasteiger partial charge in [-0.3, -0.25) is 4.79 Å². The lowest BCUT2D eigenvalue weighted by Gasteiger charge is -2.16.